The van der Waals surface area contributed by atoms with E-state index in [0.717, 1.165) is 35.9 Å². The highest BCUT2D eigenvalue weighted by Gasteiger charge is 2.39. The van der Waals surface area contributed by atoms with E-state index in [0.29, 0.717) is 23.4 Å². The van der Waals surface area contributed by atoms with E-state index < -0.39 is 151 Å². The van der Waals surface area contributed by atoms with Gasteiger partial charge in [-0.3, -0.25) is 57.6 Å². The van der Waals surface area contributed by atoms with Crippen LogP contribution in [0.2, 0.25) is 0 Å². The zero-order chi connectivity index (χ0) is 58.7. The number of aliphatic hydroxyl groups excluding tert-OH is 1. The number of benzene rings is 2. The highest BCUT2D eigenvalue weighted by atomic mass is 19.1. The zero-order valence-corrected chi connectivity index (χ0v) is 44.7. The summed E-state index contributed by atoms with van der Waals surface area (Å²) in [5, 5.41) is 32.0. The van der Waals surface area contributed by atoms with E-state index in [4.69, 9.17) is 16.6 Å². The van der Waals surface area contributed by atoms with E-state index in [2.05, 4.69) is 26.6 Å². The summed E-state index contributed by atoms with van der Waals surface area (Å²) in [7, 11) is 0. The monoisotopic (exact) mass is 1100 g/mol. The van der Waals surface area contributed by atoms with Crippen molar-refractivity contribution in [3.05, 3.63) is 95.8 Å². The van der Waals surface area contributed by atoms with Crippen LogP contribution >= 0.6 is 0 Å². The predicted octanol–water partition coefficient (Wildman–Crippen LogP) is 0.855. The molecule has 2 aromatic carbocycles. The van der Waals surface area contributed by atoms with Crippen LogP contribution in [-0.2, 0) is 59.3 Å². The van der Waals surface area contributed by atoms with Crippen LogP contribution in [0.15, 0.2) is 72.9 Å². The fourth-order valence-electron chi connectivity index (χ4n) is 8.65. The summed E-state index contributed by atoms with van der Waals surface area (Å²) in [4.78, 5) is 144. The van der Waals surface area contributed by atoms with Crippen molar-refractivity contribution in [1.29, 1.82) is 0 Å². The second-order valence-electron chi connectivity index (χ2n) is 20.3. The normalized spacial score (nSPS) is 14.5. The van der Waals surface area contributed by atoms with Crippen molar-refractivity contribution in [2.75, 3.05) is 32.8 Å². The Morgan fingerprint density at radius 1 is 0.772 bits per heavy atom. The van der Waals surface area contributed by atoms with Gasteiger partial charge < -0.3 is 57.7 Å². The van der Waals surface area contributed by atoms with E-state index in [1.807, 2.05) is 30.3 Å². The Bertz CT molecular complexity index is 2750. The number of nitrogens with one attached hydrogen (secondary N) is 5. The van der Waals surface area contributed by atoms with Crippen LogP contribution in [0.1, 0.15) is 96.9 Å². The van der Waals surface area contributed by atoms with Crippen molar-refractivity contribution < 1.29 is 71.7 Å². The number of amides is 9. The minimum Gasteiger partial charge on any atom is -0.480 e. The molecule has 0 fully saturated rings. The van der Waals surface area contributed by atoms with Crippen LogP contribution in [-0.4, -0.2) is 146 Å². The van der Waals surface area contributed by atoms with E-state index in [9.17, 15) is 62.2 Å². The third kappa shape index (κ3) is 19.3. The minimum atomic E-state index is -1.75. The lowest BCUT2D eigenvalue weighted by atomic mass is 9.82. The molecule has 6 atom stereocenters. The number of ketones is 1. The summed E-state index contributed by atoms with van der Waals surface area (Å²) in [5.41, 5.74) is 11.5. The summed E-state index contributed by atoms with van der Waals surface area (Å²) in [6.45, 7) is 6.02. The number of hydrogen-bond acceptors (Lipinski definition) is 13. The number of hydrogen-bond donors (Lipinski definition) is 9. The van der Waals surface area contributed by atoms with Crippen LogP contribution in [0, 0.1) is 23.0 Å². The van der Waals surface area contributed by atoms with E-state index in [1.165, 1.54) is 18.7 Å². The second-order valence-corrected chi connectivity index (χ2v) is 20.3. The molecular formula is C54H70F2N10O13. The second kappa shape index (κ2) is 29.5. The van der Waals surface area contributed by atoms with E-state index in [-0.39, 0.29) is 50.1 Å². The molecule has 4 rings (SSSR count). The van der Waals surface area contributed by atoms with E-state index in [1.54, 1.807) is 37.6 Å². The lowest BCUT2D eigenvalue weighted by molar-refractivity contribution is -0.141. The SMILES string of the molecule is C[C@H](CC(=O)[C@H](C)NC(=O)CN1C(=O)C=CC1=O)C(=O)N[C@@H](CC(N)=O)C(=O)N[C@@H](CCN(C(=O)CO)[C@@H](c1cc(-c2cc(F)ccc2F)cn1Cc1ccccc1)C(C)(C)C)C(=O)NCCC(=O)NCCCC[C@H](N)C(=O)O. The number of carboxylic acid groups (broad SMARTS) is 1. The number of aromatic nitrogens is 1. The number of aliphatic hydroxyl groups is 1. The van der Waals surface area contributed by atoms with Gasteiger partial charge in [-0.05, 0) is 67.9 Å². The molecular weight excluding hydrogens is 1030 g/mol. The first-order valence-electron chi connectivity index (χ1n) is 25.6. The molecule has 1 aliphatic rings. The number of aliphatic carboxylic acids is 1. The Morgan fingerprint density at radius 3 is 2.05 bits per heavy atom. The number of unbranched alkanes of at least 4 members (excludes halogenated alkanes) is 1. The standard InChI is InChI=1S/C54H70F2N10O13/c1-31(23-42(68)32(2)61-45(71)29-66-46(72)16-17-47(66)73)50(75)63-40(26-43(58)69)52(77)62-39(51(76)60-21-18-44(70)59-20-10-9-13-38(57)53(78)79)19-22-65(48(74)30-67)49(54(3,4)5)41-24-34(36-25-35(55)14-15-37(36)56)28-64(41)27-33-11-7-6-8-12-33/h6-8,11-12,14-17,24-25,28,31-32,38-40,49,67H,9-10,13,18-23,26-27,29-30,57H2,1-5H3,(H2,58,69)(H,59,70)(H,60,76)(H,61,71)(H,62,77)(H,63,75)(H,78,79)/t31-,32+,38+,39+,40+,49+/m1/s1. The minimum absolute atomic E-state index is 0.0725. The summed E-state index contributed by atoms with van der Waals surface area (Å²) >= 11 is 0. The molecule has 9 amide bonds. The molecule has 23 nitrogen and oxygen atoms in total. The van der Waals surface area contributed by atoms with Gasteiger partial charge in [-0.15, -0.1) is 0 Å². The number of imide groups is 1. The molecule has 0 bridgehead atoms. The molecule has 79 heavy (non-hydrogen) atoms. The number of nitrogens with two attached hydrogens (primary N) is 2. The number of carboxylic acids is 1. The third-order valence-corrected chi connectivity index (χ3v) is 12.8. The molecule has 0 unspecified atom stereocenters. The number of carbonyl (C=O) groups excluding carboxylic acids is 10. The molecule has 1 aliphatic heterocycles. The van der Waals surface area contributed by atoms with Crippen molar-refractivity contribution in [3.8, 4) is 11.1 Å². The van der Waals surface area contributed by atoms with Gasteiger partial charge in [0.25, 0.3) is 11.8 Å². The Hall–Kier alpha value is -8.19. The van der Waals surface area contributed by atoms with Crippen molar-refractivity contribution >= 4 is 64.9 Å². The Labute approximate surface area is 455 Å². The largest absolute Gasteiger partial charge is 0.480 e. The van der Waals surface area contributed by atoms with Gasteiger partial charge in [0.05, 0.1) is 18.5 Å². The number of rotatable bonds is 31. The van der Waals surface area contributed by atoms with E-state index >= 15 is 4.39 Å². The van der Waals surface area contributed by atoms with Crippen LogP contribution in [0.4, 0.5) is 8.78 Å². The molecule has 428 valence electrons. The summed E-state index contributed by atoms with van der Waals surface area (Å²) in [6, 6.07) is 7.10. The van der Waals surface area contributed by atoms with Gasteiger partial charge in [0.15, 0.2) is 5.78 Å². The quantitative estimate of drug-likeness (QED) is 0.0319. The van der Waals surface area contributed by atoms with Gasteiger partial charge in [-0.1, -0.05) is 58.0 Å². The first-order valence-corrected chi connectivity index (χ1v) is 25.6. The fourth-order valence-corrected chi connectivity index (χ4v) is 8.65. The Morgan fingerprint density at radius 2 is 1.43 bits per heavy atom. The van der Waals surface area contributed by atoms with Gasteiger partial charge in [0, 0.05) is 80.1 Å². The van der Waals surface area contributed by atoms with Gasteiger partial charge in [0.2, 0.25) is 41.4 Å². The van der Waals surface area contributed by atoms with Crippen LogP contribution in [0.5, 0.6) is 0 Å². The van der Waals surface area contributed by atoms with Gasteiger partial charge >= 0.3 is 5.97 Å². The molecule has 25 heteroatoms. The molecule has 2 heterocycles. The maximum Gasteiger partial charge on any atom is 0.320 e. The highest BCUT2D eigenvalue weighted by molar-refractivity contribution is 6.14. The maximum atomic E-state index is 15.4. The van der Waals surface area contributed by atoms with Crippen molar-refractivity contribution in [3.63, 3.8) is 0 Å². The van der Waals surface area contributed by atoms with Crippen LogP contribution in [0.3, 0.4) is 0 Å². The van der Waals surface area contributed by atoms with Crippen molar-refractivity contribution in [1.82, 2.24) is 41.0 Å². The lowest BCUT2D eigenvalue weighted by Crippen LogP contribution is -2.56. The third-order valence-electron chi connectivity index (χ3n) is 12.8. The molecule has 1 aromatic heterocycles. The number of halogens is 2. The number of Topliss-reactive ketones (excluding diaryl/α,β-unsaturated/α-hetero) is 1. The predicted molar refractivity (Wildman–Crippen MR) is 281 cm³/mol. The molecule has 0 radical (unpaired) electrons. The molecule has 0 saturated carbocycles. The summed E-state index contributed by atoms with van der Waals surface area (Å²) in [5.74, 6) is -12.0. The molecule has 0 aliphatic carbocycles. The molecule has 11 N–H and O–H groups in total. The Kier molecular flexibility index (Phi) is 23.7. The Balaban J connectivity index is 1.62. The topological polar surface area (TPSA) is 352 Å². The van der Waals surface area contributed by atoms with Crippen LogP contribution in [0.25, 0.3) is 11.1 Å². The zero-order valence-electron chi connectivity index (χ0n) is 44.7. The number of carbonyl (C=O) groups is 11. The summed E-state index contributed by atoms with van der Waals surface area (Å²) in [6.07, 6.45) is 2.59. The average Bonchev–Trinajstić information content (AvgIpc) is 4.04. The molecule has 0 spiro atoms. The summed E-state index contributed by atoms with van der Waals surface area (Å²) < 4.78 is 31.8. The number of primary amides is 1. The van der Waals surface area contributed by atoms with Crippen LogP contribution < -0.4 is 38.1 Å². The first kappa shape index (κ1) is 63.3. The van der Waals surface area contributed by atoms with Gasteiger partial charge in [-0.25, -0.2) is 8.78 Å². The highest BCUT2D eigenvalue weighted by Crippen LogP contribution is 2.41. The van der Waals surface area contributed by atoms with Gasteiger partial charge in [-0.2, -0.15) is 0 Å². The molecule has 3 aromatic rings. The lowest BCUT2D eigenvalue weighted by Gasteiger charge is -2.41. The average molecular weight is 1110 g/mol. The molecule has 0 saturated heterocycles. The smallest absolute Gasteiger partial charge is 0.320 e. The van der Waals surface area contributed by atoms with Crippen molar-refractivity contribution in [2.45, 2.75) is 116 Å². The first-order chi connectivity index (χ1) is 37.2. The van der Waals surface area contributed by atoms with Crippen molar-refractivity contribution in [2.24, 2.45) is 22.8 Å². The van der Waals surface area contributed by atoms with Gasteiger partial charge in [0.1, 0.15) is 42.9 Å². The maximum absolute atomic E-state index is 15.4. The fraction of sp³-hybridized carbons (Fsp3) is 0.463. The number of nitrogens with zero attached hydrogens (tertiary/aromatic N) is 3.